The van der Waals surface area contributed by atoms with Gasteiger partial charge in [-0.1, -0.05) is 0 Å². The molecule has 0 aliphatic carbocycles. The maximum atomic E-state index is 11.7. The van der Waals surface area contributed by atoms with Gasteiger partial charge >= 0.3 is 0 Å². The van der Waals surface area contributed by atoms with Gasteiger partial charge in [-0.2, -0.15) is 10.2 Å². The molecule has 2 N–H and O–H groups in total. The molecule has 0 aliphatic rings. The Labute approximate surface area is 207 Å². The fraction of sp³-hybridized carbons (Fsp3) is 0.250. The second kappa shape index (κ2) is 9.58. The van der Waals surface area contributed by atoms with Crippen molar-refractivity contribution in [3.05, 3.63) is 54.9 Å². The number of carbonyl (C=O) groups is 1. The summed E-state index contributed by atoms with van der Waals surface area (Å²) in [5, 5.41) is 14.9. The van der Waals surface area contributed by atoms with Gasteiger partial charge in [0.2, 0.25) is 5.91 Å². The van der Waals surface area contributed by atoms with Crippen molar-refractivity contribution < 1.29 is 9.53 Å². The molecule has 5 rings (SSSR count). The Morgan fingerprint density at radius 2 is 1.94 bits per heavy atom. The van der Waals surface area contributed by atoms with Crippen molar-refractivity contribution in [2.75, 3.05) is 24.4 Å². The monoisotopic (exact) mass is 486 g/mol. The van der Waals surface area contributed by atoms with Crippen LogP contribution in [0.3, 0.4) is 0 Å². The molecule has 5 heterocycles. The first-order valence-corrected chi connectivity index (χ1v) is 11.3. The minimum absolute atomic E-state index is 0.211. The zero-order valence-corrected chi connectivity index (χ0v) is 20.4. The minimum atomic E-state index is -0.211. The summed E-state index contributed by atoms with van der Waals surface area (Å²) >= 11 is 0. The molecule has 0 spiro atoms. The van der Waals surface area contributed by atoms with Crippen LogP contribution < -0.4 is 10.6 Å². The van der Waals surface area contributed by atoms with Crippen molar-refractivity contribution in [1.29, 1.82) is 0 Å². The lowest BCUT2D eigenvalue weighted by molar-refractivity contribution is -0.114. The molecule has 5 aromatic rings. The number of imidazole rings is 1. The van der Waals surface area contributed by atoms with Crippen LogP contribution in [-0.2, 0) is 23.1 Å². The Bertz CT molecular complexity index is 1550. The molecule has 0 saturated carbocycles. The van der Waals surface area contributed by atoms with Crippen LogP contribution in [-0.4, -0.2) is 58.5 Å². The molecule has 0 bridgehead atoms. The molecule has 0 aliphatic heterocycles. The number of methoxy groups -OCH3 is 1. The number of aryl methyl sites for hydroxylation is 2. The Morgan fingerprint density at radius 1 is 1.08 bits per heavy atom. The van der Waals surface area contributed by atoms with Crippen molar-refractivity contribution in [2.45, 2.75) is 20.4 Å². The molecule has 36 heavy (non-hydrogen) atoms. The van der Waals surface area contributed by atoms with Crippen molar-refractivity contribution in [3.8, 4) is 22.5 Å². The first-order chi connectivity index (χ1) is 17.4. The number of nitrogens with one attached hydrogen (secondary N) is 2. The molecule has 0 saturated heterocycles. The highest BCUT2D eigenvalue weighted by Crippen LogP contribution is 2.32. The first kappa shape index (κ1) is 23.2. The summed E-state index contributed by atoms with van der Waals surface area (Å²) in [6.07, 6.45) is 7.65. The third-order valence-corrected chi connectivity index (χ3v) is 5.45. The number of carbonyl (C=O) groups excluding carboxylic acids is 1. The smallest absolute Gasteiger partial charge is 0.222 e. The van der Waals surface area contributed by atoms with Gasteiger partial charge < -0.3 is 15.4 Å². The lowest BCUT2D eigenvalue weighted by Gasteiger charge is -2.09. The predicted molar refractivity (Wildman–Crippen MR) is 135 cm³/mol. The molecule has 0 unspecified atom stereocenters. The summed E-state index contributed by atoms with van der Waals surface area (Å²) in [6, 6.07) is 7.54. The topological polar surface area (TPSA) is 129 Å². The highest BCUT2D eigenvalue weighted by atomic mass is 16.5. The van der Waals surface area contributed by atoms with Crippen molar-refractivity contribution in [1.82, 2.24) is 38.9 Å². The Morgan fingerprint density at radius 3 is 2.69 bits per heavy atom. The van der Waals surface area contributed by atoms with Gasteiger partial charge in [0.05, 0.1) is 25.0 Å². The number of pyridine rings is 1. The van der Waals surface area contributed by atoms with E-state index >= 15 is 0 Å². The summed E-state index contributed by atoms with van der Waals surface area (Å²) in [6.45, 7) is 4.47. The molecule has 184 valence electrons. The number of fused-ring (bicyclic) bond motifs is 1. The quantitative estimate of drug-likeness (QED) is 0.342. The van der Waals surface area contributed by atoms with E-state index in [1.165, 1.54) is 6.92 Å². The number of ether oxygens (including phenoxy) is 1. The first-order valence-electron chi connectivity index (χ1n) is 11.3. The largest absolute Gasteiger partial charge is 0.383 e. The van der Waals surface area contributed by atoms with Gasteiger partial charge in [-0.15, -0.1) is 0 Å². The van der Waals surface area contributed by atoms with E-state index in [4.69, 9.17) is 9.72 Å². The molecular formula is C24H26N10O2. The SMILES string of the molecule is COCCn1cc(-c2ccc3nc(Nc4ccn(C)n4)c(-c4cc(NC(C)=O)nc(C)n4)n3c2)cn1. The van der Waals surface area contributed by atoms with Gasteiger partial charge in [0, 0.05) is 62.9 Å². The average molecular weight is 487 g/mol. The van der Waals surface area contributed by atoms with Crippen LogP contribution in [0.1, 0.15) is 12.7 Å². The predicted octanol–water partition coefficient (Wildman–Crippen LogP) is 3.05. The van der Waals surface area contributed by atoms with Gasteiger partial charge in [0.1, 0.15) is 23.0 Å². The molecule has 0 fully saturated rings. The molecule has 5 aromatic heterocycles. The maximum absolute atomic E-state index is 11.7. The number of nitrogens with zero attached hydrogens (tertiary/aromatic N) is 8. The van der Waals surface area contributed by atoms with E-state index in [1.807, 2.05) is 59.1 Å². The van der Waals surface area contributed by atoms with Gasteiger partial charge in [0.15, 0.2) is 11.6 Å². The third kappa shape index (κ3) is 4.79. The summed E-state index contributed by atoms with van der Waals surface area (Å²) in [4.78, 5) is 25.5. The van der Waals surface area contributed by atoms with E-state index in [-0.39, 0.29) is 5.91 Å². The van der Waals surface area contributed by atoms with E-state index in [9.17, 15) is 4.79 Å². The molecule has 12 heteroatoms. The van der Waals surface area contributed by atoms with Crippen LogP contribution >= 0.6 is 0 Å². The van der Waals surface area contributed by atoms with Crippen molar-refractivity contribution >= 4 is 29.0 Å². The van der Waals surface area contributed by atoms with Crippen molar-refractivity contribution in [3.63, 3.8) is 0 Å². The van der Waals surface area contributed by atoms with Crippen LogP contribution in [0, 0.1) is 6.92 Å². The van der Waals surface area contributed by atoms with E-state index < -0.39 is 0 Å². The van der Waals surface area contributed by atoms with E-state index in [0.29, 0.717) is 47.8 Å². The average Bonchev–Trinajstić information content (AvgIpc) is 3.55. The fourth-order valence-electron chi connectivity index (χ4n) is 3.90. The lowest BCUT2D eigenvalue weighted by atomic mass is 10.1. The summed E-state index contributed by atoms with van der Waals surface area (Å²) in [7, 11) is 3.52. The fourth-order valence-corrected chi connectivity index (χ4v) is 3.90. The van der Waals surface area contributed by atoms with Gasteiger partial charge in [0.25, 0.3) is 0 Å². The zero-order valence-electron chi connectivity index (χ0n) is 20.4. The third-order valence-electron chi connectivity index (χ3n) is 5.45. The molecule has 0 radical (unpaired) electrons. The Balaban J connectivity index is 1.65. The van der Waals surface area contributed by atoms with Crippen LogP contribution in [0.2, 0.25) is 0 Å². The normalized spacial score (nSPS) is 11.2. The highest BCUT2D eigenvalue weighted by Gasteiger charge is 2.19. The molecule has 0 aromatic carbocycles. The van der Waals surface area contributed by atoms with Crippen molar-refractivity contribution in [2.24, 2.45) is 7.05 Å². The van der Waals surface area contributed by atoms with E-state index in [1.54, 1.807) is 24.8 Å². The summed E-state index contributed by atoms with van der Waals surface area (Å²) in [5.41, 5.74) is 3.95. The molecule has 0 atom stereocenters. The van der Waals surface area contributed by atoms with E-state index in [0.717, 1.165) is 16.8 Å². The number of hydrogen-bond donors (Lipinski definition) is 2. The number of anilines is 3. The molecule has 1 amide bonds. The number of rotatable bonds is 8. The minimum Gasteiger partial charge on any atom is -0.383 e. The van der Waals surface area contributed by atoms with Gasteiger partial charge in [-0.25, -0.2) is 15.0 Å². The number of hydrogen-bond acceptors (Lipinski definition) is 8. The second-order valence-electron chi connectivity index (χ2n) is 8.31. The molecule has 12 nitrogen and oxygen atoms in total. The second-order valence-corrected chi connectivity index (χ2v) is 8.31. The summed E-state index contributed by atoms with van der Waals surface area (Å²) < 4.78 is 10.7. The van der Waals surface area contributed by atoms with Gasteiger partial charge in [-0.05, 0) is 19.1 Å². The Kier molecular flexibility index (Phi) is 6.17. The zero-order chi connectivity index (χ0) is 25.2. The van der Waals surface area contributed by atoms with Crippen LogP contribution in [0.15, 0.2) is 49.1 Å². The van der Waals surface area contributed by atoms with Crippen LogP contribution in [0.4, 0.5) is 17.5 Å². The summed E-state index contributed by atoms with van der Waals surface area (Å²) in [5.74, 6) is 1.95. The highest BCUT2D eigenvalue weighted by molar-refractivity contribution is 5.88. The van der Waals surface area contributed by atoms with Crippen LogP contribution in [0.5, 0.6) is 0 Å². The molecular weight excluding hydrogens is 460 g/mol. The standard InChI is InChI=1S/C24H26N10O2/c1-15-26-19(11-21(27-15)28-16(2)35)23-24(29-20-7-8-32(3)31-20)30-22-6-5-17(14-34(22)23)18-12-25-33(13-18)9-10-36-4/h5-8,11-14H,9-10H2,1-4H3,(H,29,31)(H,26,27,28,35). The van der Waals surface area contributed by atoms with Crippen LogP contribution in [0.25, 0.3) is 28.2 Å². The van der Waals surface area contributed by atoms with Gasteiger partial charge in [-0.3, -0.25) is 18.6 Å². The number of aromatic nitrogens is 8. The maximum Gasteiger partial charge on any atom is 0.222 e. The lowest BCUT2D eigenvalue weighted by Crippen LogP contribution is -2.09. The number of amides is 1. The Hall–Kier alpha value is -4.58. The van der Waals surface area contributed by atoms with E-state index in [2.05, 4.69) is 30.8 Å².